The van der Waals surface area contributed by atoms with Gasteiger partial charge < -0.3 is 0 Å². The van der Waals surface area contributed by atoms with Gasteiger partial charge in [-0.2, -0.15) is 0 Å². The molecule has 1 aromatic carbocycles. The van der Waals surface area contributed by atoms with Crippen LogP contribution in [0.15, 0.2) is 34.7 Å². The highest BCUT2D eigenvalue weighted by molar-refractivity contribution is 7.94. The van der Waals surface area contributed by atoms with Crippen molar-refractivity contribution in [2.24, 2.45) is 0 Å². The Morgan fingerprint density at radius 1 is 1.33 bits per heavy atom. The van der Waals surface area contributed by atoms with Gasteiger partial charge in [0.15, 0.2) is 8.68 Å². The maximum Gasteiger partial charge on any atom is 0.275 e. The van der Waals surface area contributed by atoms with Crippen LogP contribution in [0.3, 0.4) is 0 Å². The SMILES string of the molecule is CN(c1ccc(F)cc1)S(=O)(=O)c1cnc(Cl)s1. The van der Waals surface area contributed by atoms with E-state index in [4.69, 9.17) is 11.6 Å². The molecule has 18 heavy (non-hydrogen) atoms. The number of sulfonamides is 1. The molecule has 0 saturated heterocycles. The fourth-order valence-corrected chi connectivity index (χ4v) is 3.94. The molecule has 1 heterocycles. The van der Waals surface area contributed by atoms with E-state index in [-0.39, 0.29) is 8.68 Å². The van der Waals surface area contributed by atoms with E-state index in [2.05, 4.69) is 4.98 Å². The fourth-order valence-electron chi connectivity index (χ4n) is 1.28. The van der Waals surface area contributed by atoms with Gasteiger partial charge in [0.25, 0.3) is 10.0 Å². The summed E-state index contributed by atoms with van der Waals surface area (Å²) in [5, 5.41) is 0. The van der Waals surface area contributed by atoms with Gasteiger partial charge >= 0.3 is 0 Å². The third-order valence-electron chi connectivity index (χ3n) is 2.26. The number of benzene rings is 1. The molecule has 0 aliphatic carbocycles. The number of halogens is 2. The van der Waals surface area contributed by atoms with Crippen LogP contribution in [0.2, 0.25) is 4.47 Å². The van der Waals surface area contributed by atoms with Crippen LogP contribution >= 0.6 is 22.9 Å². The second-order valence-electron chi connectivity index (χ2n) is 3.38. The maximum absolute atomic E-state index is 12.8. The number of thiazole rings is 1. The Morgan fingerprint density at radius 3 is 2.44 bits per heavy atom. The number of hydrogen-bond acceptors (Lipinski definition) is 4. The van der Waals surface area contributed by atoms with E-state index in [1.54, 1.807) is 0 Å². The van der Waals surface area contributed by atoms with Gasteiger partial charge in [0, 0.05) is 7.05 Å². The first-order chi connectivity index (χ1) is 8.41. The predicted molar refractivity (Wildman–Crippen MR) is 69.1 cm³/mol. The first-order valence-electron chi connectivity index (χ1n) is 4.77. The van der Waals surface area contributed by atoms with Gasteiger partial charge in [-0.3, -0.25) is 4.31 Å². The molecule has 0 aliphatic heterocycles. The lowest BCUT2D eigenvalue weighted by atomic mass is 10.3. The highest BCUT2D eigenvalue weighted by Gasteiger charge is 2.23. The Morgan fingerprint density at radius 2 is 1.94 bits per heavy atom. The summed E-state index contributed by atoms with van der Waals surface area (Å²) < 4.78 is 38.4. The molecular formula is C10H8ClFN2O2S2. The molecule has 0 N–H and O–H groups in total. The zero-order valence-corrected chi connectivity index (χ0v) is 11.6. The first-order valence-corrected chi connectivity index (χ1v) is 7.40. The van der Waals surface area contributed by atoms with Crippen molar-refractivity contribution in [2.75, 3.05) is 11.4 Å². The molecule has 8 heteroatoms. The minimum atomic E-state index is -3.70. The summed E-state index contributed by atoms with van der Waals surface area (Å²) in [6.07, 6.45) is 1.20. The van der Waals surface area contributed by atoms with E-state index < -0.39 is 15.8 Å². The molecule has 0 fully saturated rings. The molecule has 2 rings (SSSR count). The highest BCUT2D eigenvalue weighted by atomic mass is 35.5. The molecule has 0 bridgehead atoms. The van der Waals surface area contributed by atoms with Crippen LogP contribution in [0.25, 0.3) is 0 Å². The van der Waals surface area contributed by atoms with Crippen molar-refractivity contribution in [1.82, 2.24) is 4.98 Å². The summed E-state index contributed by atoms with van der Waals surface area (Å²) >= 11 is 6.48. The van der Waals surface area contributed by atoms with E-state index in [9.17, 15) is 12.8 Å². The zero-order chi connectivity index (χ0) is 13.3. The van der Waals surface area contributed by atoms with Gasteiger partial charge in [-0.15, -0.1) is 0 Å². The largest absolute Gasteiger partial charge is 0.275 e. The van der Waals surface area contributed by atoms with Gasteiger partial charge in [0.05, 0.1) is 11.9 Å². The van der Waals surface area contributed by atoms with Crippen molar-refractivity contribution in [2.45, 2.75) is 4.21 Å². The van der Waals surface area contributed by atoms with Crippen LogP contribution in [0.4, 0.5) is 10.1 Å². The standard InChI is InChI=1S/C10H8ClFN2O2S2/c1-14(8-4-2-7(12)3-5-8)18(15,16)9-6-13-10(11)17-9/h2-6H,1H3. The smallest absolute Gasteiger partial charge is 0.269 e. The Kier molecular flexibility index (Phi) is 3.56. The second-order valence-corrected chi connectivity index (χ2v) is 7.19. The van der Waals surface area contributed by atoms with Crippen LogP contribution in [-0.2, 0) is 10.0 Å². The predicted octanol–water partition coefficient (Wildman–Crippen LogP) is 2.76. The average Bonchev–Trinajstić information content (AvgIpc) is 2.76. The number of anilines is 1. The van der Waals surface area contributed by atoms with Crippen LogP contribution in [0, 0.1) is 5.82 Å². The normalized spacial score (nSPS) is 11.5. The quantitative estimate of drug-likeness (QED) is 0.876. The van der Waals surface area contributed by atoms with Crippen LogP contribution < -0.4 is 4.31 Å². The van der Waals surface area contributed by atoms with Crippen LogP contribution in [-0.4, -0.2) is 20.4 Å². The van der Waals surface area contributed by atoms with E-state index in [1.165, 1.54) is 37.5 Å². The molecule has 0 unspecified atom stereocenters. The first kappa shape index (κ1) is 13.3. The zero-order valence-electron chi connectivity index (χ0n) is 9.17. The summed E-state index contributed by atoms with van der Waals surface area (Å²) in [5.41, 5.74) is 0.362. The summed E-state index contributed by atoms with van der Waals surface area (Å²) in [6, 6.07) is 5.16. The Bertz CT molecular complexity index is 655. The molecule has 0 saturated carbocycles. The van der Waals surface area contributed by atoms with E-state index in [0.717, 1.165) is 15.6 Å². The van der Waals surface area contributed by atoms with E-state index >= 15 is 0 Å². The molecule has 1 aromatic heterocycles. The summed E-state index contributed by atoms with van der Waals surface area (Å²) in [6.45, 7) is 0. The lowest BCUT2D eigenvalue weighted by Gasteiger charge is -2.17. The van der Waals surface area contributed by atoms with Crippen LogP contribution in [0.5, 0.6) is 0 Å². The van der Waals surface area contributed by atoms with Gasteiger partial charge in [-0.05, 0) is 24.3 Å². The van der Waals surface area contributed by atoms with Crippen molar-refractivity contribution in [3.8, 4) is 0 Å². The van der Waals surface area contributed by atoms with Crippen molar-refractivity contribution < 1.29 is 12.8 Å². The topological polar surface area (TPSA) is 50.3 Å². The average molecular weight is 307 g/mol. The Hall–Kier alpha value is -1.18. The van der Waals surface area contributed by atoms with Crippen LogP contribution in [0.1, 0.15) is 0 Å². The minimum Gasteiger partial charge on any atom is -0.269 e. The number of aromatic nitrogens is 1. The molecule has 2 aromatic rings. The molecule has 0 amide bonds. The number of rotatable bonds is 3. The lowest BCUT2D eigenvalue weighted by Crippen LogP contribution is -2.25. The highest BCUT2D eigenvalue weighted by Crippen LogP contribution is 2.27. The fraction of sp³-hybridized carbons (Fsp3) is 0.100. The minimum absolute atomic E-state index is 0.0410. The number of nitrogens with zero attached hydrogens (tertiary/aromatic N) is 2. The van der Waals surface area contributed by atoms with E-state index in [0.29, 0.717) is 5.69 Å². The molecule has 96 valence electrons. The van der Waals surface area contributed by atoms with Gasteiger partial charge in [0.1, 0.15) is 5.82 Å². The van der Waals surface area contributed by atoms with Gasteiger partial charge in [-0.1, -0.05) is 22.9 Å². The molecule has 0 spiro atoms. The third-order valence-corrected chi connectivity index (χ3v) is 5.60. The molecular weight excluding hydrogens is 299 g/mol. The van der Waals surface area contributed by atoms with Gasteiger partial charge in [-0.25, -0.2) is 17.8 Å². The summed E-state index contributed by atoms with van der Waals surface area (Å²) in [5.74, 6) is -0.426. The lowest BCUT2D eigenvalue weighted by molar-refractivity contribution is 0.596. The van der Waals surface area contributed by atoms with Gasteiger partial charge in [0.2, 0.25) is 0 Å². The summed E-state index contributed by atoms with van der Waals surface area (Å²) in [4.78, 5) is 3.69. The molecule has 0 aliphatic rings. The molecule has 4 nitrogen and oxygen atoms in total. The van der Waals surface area contributed by atoms with Crippen molar-refractivity contribution in [3.05, 3.63) is 40.7 Å². The summed E-state index contributed by atoms with van der Waals surface area (Å²) in [7, 11) is -2.32. The van der Waals surface area contributed by atoms with Crippen molar-refractivity contribution in [3.63, 3.8) is 0 Å². The third kappa shape index (κ3) is 2.47. The number of hydrogen-bond donors (Lipinski definition) is 0. The second kappa shape index (κ2) is 4.83. The Labute approximate surface area is 113 Å². The van der Waals surface area contributed by atoms with Crippen molar-refractivity contribution in [1.29, 1.82) is 0 Å². The monoisotopic (exact) mass is 306 g/mol. The van der Waals surface area contributed by atoms with Crippen molar-refractivity contribution >= 4 is 38.6 Å². The van der Waals surface area contributed by atoms with E-state index in [1.807, 2.05) is 0 Å². The molecule has 0 radical (unpaired) electrons. The molecule has 0 atom stereocenters. The maximum atomic E-state index is 12.8. The Balaban J connectivity index is 2.39.